The minimum absolute atomic E-state index is 0.0128. The number of hydrogen-bond donors (Lipinski definition) is 4. The average molecular weight is 194 g/mol. The number of nitrogens with one attached hydrogen (secondary N) is 2. The van der Waals surface area contributed by atoms with Gasteiger partial charge in [0.05, 0.1) is 6.04 Å². The van der Waals surface area contributed by atoms with Crippen molar-refractivity contribution in [1.29, 1.82) is 0 Å². The van der Waals surface area contributed by atoms with Gasteiger partial charge in [0.25, 0.3) is 0 Å². The number of rotatable bonds is 1. The summed E-state index contributed by atoms with van der Waals surface area (Å²) in [5.74, 6) is -0.0257. The number of phenolic OH excluding ortho intramolecular Hbond substituents is 2. The normalized spacial score (nSPS) is 20.3. The van der Waals surface area contributed by atoms with Crippen LogP contribution in [0.25, 0.3) is 0 Å². The zero-order chi connectivity index (χ0) is 10.1. The highest BCUT2D eigenvalue weighted by Gasteiger charge is 2.22. The van der Waals surface area contributed by atoms with Gasteiger partial charge < -0.3 is 20.8 Å². The topological polar surface area (TPSA) is 81.6 Å². The van der Waals surface area contributed by atoms with Crippen LogP contribution in [-0.2, 0) is 0 Å². The summed E-state index contributed by atoms with van der Waals surface area (Å²) in [6.45, 7) is 0.460. The minimum Gasteiger partial charge on any atom is -0.508 e. The van der Waals surface area contributed by atoms with E-state index in [-0.39, 0.29) is 23.6 Å². The number of benzene rings is 1. The zero-order valence-corrected chi connectivity index (χ0v) is 7.32. The summed E-state index contributed by atoms with van der Waals surface area (Å²) >= 11 is 0. The van der Waals surface area contributed by atoms with Crippen LogP contribution in [0, 0.1) is 0 Å². The Morgan fingerprint density at radius 3 is 2.36 bits per heavy atom. The largest absolute Gasteiger partial charge is 0.508 e. The van der Waals surface area contributed by atoms with Gasteiger partial charge in [-0.25, -0.2) is 4.79 Å². The maximum absolute atomic E-state index is 10.8. The maximum Gasteiger partial charge on any atom is 0.315 e. The van der Waals surface area contributed by atoms with Crippen LogP contribution in [0.1, 0.15) is 11.6 Å². The zero-order valence-electron chi connectivity index (χ0n) is 7.32. The molecule has 0 bridgehead atoms. The van der Waals surface area contributed by atoms with E-state index in [0.29, 0.717) is 12.1 Å². The Kier molecular flexibility index (Phi) is 1.92. The number of hydrogen-bond acceptors (Lipinski definition) is 3. The van der Waals surface area contributed by atoms with Crippen molar-refractivity contribution in [3.63, 3.8) is 0 Å². The van der Waals surface area contributed by atoms with Crippen LogP contribution in [-0.4, -0.2) is 22.8 Å². The first-order valence-electron chi connectivity index (χ1n) is 4.22. The molecule has 0 aromatic heterocycles. The predicted octanol–water partition coefficient (Wildman–Crippen LogP) is 0.452. The molecule has 1 heterocycles. The van der Waals surface area contributed by atoms with Gasteiger partial charge in [-0.15, -0.1) is 0 Å². The van der Waals surface area contributed by atoms with Crippen molar-refractivity contribution in [2.75, 3.05) is 6.54 Å². The molecule has 0 saturated carbocycles. The van der Waals surface area contributed by atoms with Crippen molar-refractivity contribution in [1.82, 2.24) is 10.6 Å². The van der Waals surface area contributed by atoms with E-state index in [4.69, 9.17) is 0 Å². The summed E-state index contributed by atoms with van der Waals surface area (Å²) in [7, 11) is 0. The quantitative estimate of drug-likeness (QED) is 0.524. The third-order valence-electron chi connectivity index (χ3n) is 2.10. The van der Waals surface area contributed by atoms with Gasteiger partial charge in [-0.1, -0.05) is 0 Å². The Bertz CT molecular complexity index is 358. The van der Waals surface area contributed by atoms with Crippen molar-refractivity contribution in [2.24, 2.45) is 0 Å². The van der Waals surface area contributed by atoms with Crippen LogP contribution in [0.2, 0.25) is 0 Å². The van der Waals surface area contributed by atoms with Crippen LogP contribution in [0.4, 0.5) is 4.79 Å². The monoisotopic (exact) mass is 194 g/mol. The molecule has 1 aliphatic rings. The summed E-state index contributed by atoms with van der Waals surface area (Å²) in [6, 6.07) is 3.83. The van der Waals surface area contributed by atoms with Crippen molar-refractivity contribution < 1.29 is 15.0 Å². The lowest BCUT2D eigenvalue weighted by Crippen LogP contribution is -2.21. The summed E-state index contributed by atoms with van der Waals surface area (Å²) in [6.07, 6.45) is 0. The summed E-state index contributed by atoms with van der Waals surface area (Å²) < 4.78 is 0. The van der Waals surface area contributed by atoms with E-state index in [1.165, 1.54) is 18.2 Å². The second-order valence-electron chi connectivity index (χ2n) is 3.19. The van der Waals surface area contributed by atoms with Gasteiger partial charge in [-0.2, -0.15) is 0 Å². The molecule has 74 valence electrons. The van der Waals surface area contributed by atoms with Crippen LogP contribution in [0.15, 0.2) is 18.2 Å². The number of aromatic hydroxyl groups is 2. The summed E-state index contributed by atoms with van der Waals surface area (Å²) in [5.41, 5.74) is 0.681. The number of phenols is 2. The second kappa shape index (κ2) is 3.10. The Morgan fingerprint density at radius 1 is 1.21 bits per heavy atom. The molecule has 1 atom stereocenters. The fraction of sp³-hybridized carbons (Fsp3) is 0.222. The van der Waals surface area contributed by atoms with Gasteiger partial charge in [-0.3, -0.25) is 0 Å². The fourth-order valence-corrected chi connectivity index (χ4v) is 1.48. The Labute approximate surface area is 80.4 Å². The first-order chi connectivity index (χ1) is 6.65. The number of amides is 2. The molecule has 1 aromatic rings. The SMILES string of the molecule is O=C1NC[C@H](c2cc(O)cc(O)c2)N1. The van der Waals surface area contributed by atoms with Gasteiger partial charge >= 0.3 is 6.03 Å². The highest BCUT2D eigenvalue weighted by molar-refractivity contribution is 5.77. The molecular formula is C9H10N2O3. The second-order valence-corrected chi connectivity index (χ2v) is 3.19. The third kappa shape index (κ3) is 1.56. The van der Waals surface area contributed by atoms with Crippen molar-refractivity contribution >= 4 is 6.03 Å². The molecule has 2 rings (SSSR count). The van der Waals surface area contributed by atoms with E-state index in [1.54, 1.807) is 0 Å². The molecule has 2 amide bonds. The molecule has 1 aromatic carbocycles. The average Bonchev–Trinajstić information content (AvgIpc) is 2.50. The standard InChI is InChI=1S/C9H10N2O3/c12-6-1-5(2-7(13)3-6)8-4-10-9(14)11-8/h1-3,8,12-13H,4H2,(H2,10,11,14)/t8-/m1/s1. The first-order valence-corrected chi connectivity index (χ1v) is 4.22. The van der Waals surface area contributed by atoms with E-state index >= 15 is 0 Å². The Morgan fingerprint density at radius 2 is 1.86 bits per heavy atom. The lowest BCUT2D eigenvalue weighted by molar-refractivity contribution is 0.247. The fourth-order valence-electron chi connectivity index (χ4n) is 1.48. The van der Waals surface area contributed by atoms with Gasteiger partial charge in [0.2, 0.25) is 0 Å². The predicted molar refractivity (Wildman–Crippen MR) is 49.0 cm³/mol. The van der Waals surface area contributed by atoms with E-state index < -0.39 is 0 Å². The molecule has 1 aliphatic heterocycles. The minimum atomic E-state index is -0.238. The van der Waals surface area contributed by atoms with E-state index in [9.17, 15) is 15.0 Å². The molecule has 1 saturated heterocycles. The molecule has 0 radical (unpaired) electrons. The van der Waals surface area contributed by atoms with E-state index in [1.807, 2.05) is 0 Å². The Hall–Kier alpha value is -1.91. The van der Waals surface area contributed by atoms with E-state index in [2.05, 4.69) is 10.6 Å². The maximum atomic E-state index is 10.8. The molecule has 14 heavy (non-hydrogen) atoms. The van der Waals surface area contributed by atoms with Crippen LogP contribution in [0.3, 0.4) is 0 Å². The van der Waals surface area contributed by atoms with Crippen molar-refractivity contribution in [3.8, 4) is 11.5 Å². The molecule has 0 spiro atoms. The third-order valence-corrected chi connectivity index (χ3v) is 2.10. The highest BCUT2D eigenvalue weighted by Crippen LogP contribution is 2.25. The lowest BCUT2D eigenvalue weighted by Gasteiger charge is -2.09. The van der Waals surface area contributed by atoms with Crippen LogP contribution in [0.5, 0.6) is 11.5 Å². The number of urea groups is 1. The smallest absolute Gasteiger partial charge is 0.315 e. The lowest BCUT2D eigenvalue weighted by atomic mass is 10.1. The van der Waals surface area contributed by atoms with Gasteiger partial charge in [0.1, 0.15) is 11.5 Å². The van der Waals surface area contributed by atoms with Gasteiger partial charge in [-0.05, 0) is 17.7 Å². The summed E-state index contributed by atoms with van der Waals surface area (Å²) in [4.78, 5) is 10.8. The van der Waals surface area contributed by atoms with E-state index in [0.717, 1.165) is 0 Å². The number of carbonyl (C=O) groups excluding carboxylic acids is 1. The van der Waals surface area contributed by atoms with Gasteiger partial charge in [0.15, 0.2) is 0 Å². The molecule has 4 N–H and O–H groups in total. The molecule has 0 aliphatic carbocycles. The molecule has 5 heteroatoms. The highest BCUT2D eigenvalue weighted by atomic mass is 16.3. The molecule has 0 unspecified atom stereocenters. The van der Waals surface area contributed by atoms with Crippen LogP contribution >= 0.6 is 0 Å². The first kappa shape index (κ1) is 8.68. The molecule has 1 fully saturated rings. The summed E-state index contributed by atoms with van der Waals surface area (Å²) in [5, 5.41) is 23.7. The number of carbonyl (C=O) groups is 1. The molecular weight excluding hydrogens is 184 g/mol. The van der Waals surface area contributed by atoms with Crippen LogP contribution < -0.4 is 10.6 Å². The van der Waals surface area contributed by atoms with Crippen molar-refractivity contribution in [3.05, 3.63) is 23.8 Å². The Balaban J connectivity index is 2.27. The van der Waals surface area contributed by atoms with Crippen molar-refractivity contribution in [2.45, 2.75) is 6.04 Å². The molecule has 5 nitrogen and oxygen atoms in total. The van der Waals surface area contributed by atoms with Gasteiger partial charge in [0, 0.05) is 12.6 Å².